The number of nitro benzene ring substituents is 1. The summed E-state index contributed by atoms with van der Waals surface area (Å²) in [6.07, 6.45) is 5.30. The van der Waals surface area contributed by atoms with E-state index in [0.717, 1.165) is 42.1 Å². The van der Waals surface area contributed by atoms with Crippen LogP contribution in [0.3, 0.4) is 0 Å². The number of benzene rings is 1. The highest BCUT2D eigenvalue weighted by atomic mass is 32.2. The number of nitrogens with one attached hydrogen (secondary N) is 2. The number of nitrogens with two attached hydrogens (primary N) is 1. The Labute approximate surface area is 150 Å². The molecular weight excluding hydrogens is 340 g/mol. The van der Waals surface area contributed by atoms with Gasteiger partial charge < -0.3 is 16.0 Å². The Balaban J connectivity index is 1.54. The molecule has 134 valence electrons. The van der Waals surface area contributed by atoms with Gasteiger partial charge in [0.25, 0.3) is 5.69 Å². The maximum Gasteiger partial charge on any atom is 0.269 e. The molecule has 1 aromatic carbocycles. The van der Waals surface area contributed by atoms with Crippen molar-refractivity contribution >= 4 is 23.4 Å². The van der Waals surface area contributed by atoms with E-state index in [2.05, 4.69) is 20.3 Å². The molecule has 0 aliphatic heterocycles. The first-order valence-electron chi connectivity index (χ1n) is 7.97. The smallest absolute Gasteiger partial charge is 0.269 e. The van der Waals surface area contributed by atoms with Crippen molar-refractivity contribution in [1.29, 1.82) is 0 Å². The van der Waals surface area contributed by atoms with E-state index in [9.17, 15) is 10.1 Å². The minimum absolute atomic E-state index is 0.118. The van der Waals surface area contributed by atoms with E-state index >= 15 is 0 Å². The second-order valence-corrected chi connectivity index (χ2v) is 6.46. The van der Waals surface area contributed by atoms with Crippen LogP contribution in [0.2, 0.25) is 0 Å². The van der Waals surface area contributed by atoms with Crippen LogP contribution in [-0.4, -0.2) is 39.7 Å². The quantitative estimate of drug-likeness (QED) is 0.196. The Bertz CT molecular complexity index is 672. The molecule has 0 bridgehead atoms. The number of aromatic nitrogens is 2. The Kier molecular flexibility index (Phi) is 7.77. The molecule has 1 heterocycles. The first-order valence-corrected chi connectivity index (χ1v) is 9.13. The van der Waals surface area contributed by atoms with Crippen molar-refractivity contribution in [1.82, 2.24) is 15.3 Å². The van der Waals surface area contributed by atoms with Crippen LogP contribution in [0.25, 0.3) is 0 Å². The molecule has 25 heavy (non-hydrogen) atoms. The summed E-state index contributed by atoms with van der Waals surface area (Å²) in [6.45, 7) is 1.40. The fourth-order valence-corrected chi connectivity index (χ4v) is 2.92. The van der Waals surface area contributed by atoms with Gasteiger partial charge in [-0.05, 0) is 18.4 Å². The molecule has 0 amide bonds. The van der Waals surface area contributed by atoms with Crippen molar-refractivity contribution in [2.75, 3.05) is 18.8 Å². The predicted molar refractivity (Wildman–Crippen MR) is 101 cm³/mol. The van der Waals surface area contributed by atoms with Crippen molar-refractivity contribution in [3.63, 3.8) is 0 Å². The molecular formula is C16H22N6O2S. The van der Waals surface area contributed by atoms with Gasteiger partial charge in [-0.1, -0.05) is 12.1 Å². The number of H-pyrrole nitrogens is 1. The van der Waals surface area contributed by atoms with E-state index < -0.39 is 4.92 Å². The summed E-state index contributed by atoms with van der Waals surface area (Å²) < 4.78 is 0. The molecule has 2 rings (SSSR count). The van der Waals surface area contributed by atoms with Crippen LogP contribution in [-0.2, 0) is 12.2 Å². The van der Waals surface area contributed by atoms with Crippen molar-refractivity contribution < 1.29 is 4.92 Å². The molecule has 0 atom stereocenters. The van der Waals surface area contributed by atoms with Gasteiger partial charge in [-0.3, -0.25) is 15.1 Å². The Morgan fingerprint density at radius 2 is 2.20 bits per heavy atom. The summed E-state index contributed by atoms with van der Waals surface area (Å²) >= 11 is 1.74. The minimum atomic E-state index is -0.391. The number of aryl methyl sites for hydroxylation is 1. The second-order valence-electron chi connectivity index (χ2n) is 5.35. The fraction of sp³-hybridized carbons (Fsp3) is 0.375. The first-order chi connectivity index (χ1) is 12.1. The van der Waals surface area contributed by atoms with Gasteiger partial charge in [0.05, 0.1) is 11.3 Å². The summed E-state index contributed by atoms with van der Waals surface area (Å²) in [5.41, 5.74) is 8.10. The predicted octanol–water partition coefficient (Wildman–Crippen LogP) is 2.09. The second kappa shape index (κ2) is 10.3. The average molecular weight is 362 g/mol. The lowest BCUT2D eigenvalue weighted by atomic mass is 10.2. The van der Waals surface area contributed by atoms with E-state index in [0.29, 0.717) is 12.5 Å². The van der Waals surface area contributed by atoms with Crippen LogP contribution >= 0.6 is 11.8 Å². The van der Waals surface area contributed by atoms with Gasteiger partial charge in [0.2, 0.25) is 0 Å². The van der Waals surface area contributed by atoms with Gasteiger partial charge in [-0.25, -0.2) is 4.98 Å². The zero-order valence-corrected chi connectivity index (χ0v) is 14.7. The zero-order chi connectivity index (χ0) is 17.9. The molecule has 0 unspecified atom stereocenters. The number of imidazole rings is 1. The molecule has 2 aromatic rings. The summed E-state index contributed by atoms with van der Waals surface area (Å²) in [6, 6.07) is 6.63. The number of nitro groups is 1. The third kappa shape index (κ3) is 7.25. The molecule has 1 aromatic heterocycles. The van der Waals surface area contributed by atoms with Gasteiger partial charge in [-0.2, -0.15) is 11.8 Å². The first kappa shape index (κ1) is 18.8. The van der Waals surface area contributed by atoms with Gasteiger partial charge in [0.15, 0.2) is 5.96 Å². The molecule has 0 saturated heterocycles. The molecule has 0 fully saturated rings. The third-order valence-electron chi connectivity index (χ3n) is 3.41. The van der Waals surface area contributed by atoms with Crippen LogP contribution in [0.5, 0.6) is 0 Å². The van der Waals surface area contributed by atoms with Gasteiger partial charge in [0.1, 0.15) is 0 Å². The molecule has 0 aliphatic carbocycles. The SMILES string of the molecule is NC(=NCCCc1cnc[nH]1)NCCSCc1ccc([N+](=O)[O-])cc1. The number of hydrogen-bond acceptors (Lipinski definition) is 5. The normalized spacial score (nSPS) is 11.4. The standard InChI is InChI=1S/C16H22N6O2S/c17-16(19-7-1-2-14-10-18-12-21-14)20-8-9-25-11-13-3-5-15(6-4-13)22(23)24/h3-6,10,12H,1-2,7-9,11H2,(H,18,21)(H3,17,19,20). The number of aliphatic imine (C=N–C) groups is 1. The van der Waals surface area contributed by atoms with E-state index in [-0.39, 0.29) is 5.69 Å². The third-order valence-corrected chi connectivity index (χ3v) is 4.44. The van der Waals surface area contributed by atoms with E-state index in [1.54, 1.807) is 30.2 Å². The van der Waals surface area contributed by atoms with Crippen LogP contribution in [0, 0.1) is 10.1 Å². The lowest BCUT2D eigenvalue weighted by Gasteiger charge is -2.06. The van der Waals surface area contributed by atoms with Crippen molar-refractivity contribution in [2.45, 2.75) is 18.6 Å². The maximum atomic E-state index is 10.6. The highest BCUT2D eigenvalue weighted by Crippen LogP contribution is 2.16. The minimum Gasteiger partial charge on any atom is -0.370 e. The average Bonchev–Trinajstić information content (AvgIpc) is 3.12. The highest BCUT2D eigenvalue weighted by molar-refractivity contribution is 7.98. The summed E-state index contributed by atoms with van der Waals surface area (Å²) in [5.74, 6) is 2.14. The Hall–Kier alpha value is -2.55. The molecule has 0 radical (unpaired) electrons. The summed E-state index contributed by atoms with van der Waals surface area (Å²) in [7, 11) is 0. The Morgan fingerprint density at radius 3 is 2.88 bits per heavy atom. The van der Waals surface area contributed by atoms with Crippen LogP contribution in [0.15, 0.2) is 41.8 Å². The van der Waals surface area contributed by atoms with Crippen LogP contribution in [0.1, 0.15) is 17.7 Å². The number of hydrogen-bond donors (Lipinski definition) is 3. The summed E-state index contributed by atoms with van der Waals surface area (Å²) in [5, 5.41) is 13.7. The molecule has 4 N–H and O–H groups in total. The number of nitrogens with zero attached hydrogens (tertiary/aromatic N) is 3. The summed E-state index contributed by atoms with van der Waals surface area (Å²) in [4.78, 5) is 21.5. The number of guanidine groups is 1. The Morgan fingerprint density at radius 1 is 1.40 bits per heavy atom. The number of thioether (sulfide) groups is 1. The topological polar surface area (TPSA) is 122 Å². The van der Waals surface area contributed by atoms with Crippen LogP contribution < -0.4 is 11.1 Å². The van der Waals surface area contributed by atoms with Gasteiger partial charge >= 0.3 is 0 Å². The number of non-ortho nitro benzene ring substituents is 1. The molecule has 0 aliphatic rings. The number of rotatable bonds is 10. The fourth-order valence-electron chi connectivity index (χ4n) is 2.10. The van der Waals surface area contributed by atoms with E-state index in [1.165, 1.54) is 12.1 Å². The maximum absolute atomic E-state index is 10.6. The number of aromatic amines is 1. The lowest BCUT2D eigenvalue weighted by molar-refractivity contribution is -0.384. The largest absolute Gasteiger partial charge is 0.370 e. The van der Waals surface area contributed by atoms with Gasteiger partial charge in [0, 0.05) is 48.6 Å². The molecule has 0 saturated carbocycles. The van der Waals surface area contributed by atoms with Crippen molar-refractivity contribution in [3.05, 3.63) is 58.2 Å². The molecule has 0 spiro atoms. The highest BCUT2D eigenvalue weighted by Gasteiger charge is 2.03. The monoisotopic (exact) mass is 362 g/mol. The van der Waals surface area contributed by atoms with Crippen LogP contribution in [0.4, 0.5) is 5.69 Å². The van der Waals surface area contributed by atoms with Gasteiger partial charge in [-0.15, -0.1) is 0 Å². The lowest BCUT2D eigenvalue weighted by Crippen LogP contribution is -2.33. The molecule has 8 nitrogen and oxygen atoms in total. The molecule has 9 heteroatoms. The van der Waals surface area contributed by atoms with Crippen molar-refractivity contribution in [2.24, 2.45) is 10.7 Å². The zero-order valence-electron chi connectivity index (χ0n) is 13.9. The van der Waals surface area contributed by atoms with Crippen molar-refractivity contribution in [3.8, 4) is 0 Å². The van der Waals surface area contributed by atoms with E-state index in [1.807, 2.05) is 6.20 Å². The van der Waals surface area contributed by atoms with E-state index in [4.69, 9.17) is 5.73 Å².